The Hall–Kier alpha value is -3.31. The molecule has 25 heavy (non-hydrogen) atoms. The summed E-state index contributed by atoms with van der Waals surface area (Å²) in [6.07, 6.45) is 5.36. The molecule has 1 amide bonds. The molecule has 0 aliphatic heterocycles. The normalized spacial score (nSPS) is 11.4. The molecule has 0 saturated heterocycles. The van der Waals surface area contributed by atoms with Gasteiger partial charge in [0.2, 0.25) is 0 Å². The van der Waals surface area contributed by atoms with Gasteiger partial charge in [-0.05, 0) is 24.3 Å². The number of amides is 1. The number of carbonyl (C=O) groups is 1. The zero-order valence-corrected chi connectivity index (χ0v) is 13.5. The van der Waals surface area contributed by atoms with Gasteiger partial charge >= 0.3 is 0 Å². The predicted octanol–water partition coefficient (Wildman–Crippen LogP) is 3.12. The minimum absolute atomic E-state index is 0.122. The molecule has 0 radical (unpaired) electrons. The number of halogens is 1. The Balaban J connectivity index is 2.19. The molecule has 1 aromatic heterocycles. The van der Waals surface area contributed by atoms with E-state index in [0.717, 1.165) is 11.3 Å². The smallest absolute Gasteiger partial charge is 0.286 e. The van der Waals surface area contributed by atoms with Crippen molar-refractivity contribution in [2.75, 3.05) is 0 Å². The number of benzene rings is 2. The molecule has 0 aliphatic carbocycles. The quantitative estimate of drug-likeness (QED) is 0.411. The molecule has 3 rings (SSSR count). The van der Waals surface area contributed by atoms with Crippen LogP contribution in [-0.2, 0) is 6.54 Å². The average molecular weight is 355 g/mol. The van der Waals surface area contributed by atoms with E-state index in [0.29, 0.717) is 10.2 Å². The van der Waals surface area contributed by atoms with Crippen molar-refractivity contribution in [3.63, 3.8) is 0 Å². The van der Waals surface area contributed by atoms with Crippen LogP contribution in [0.1, 0.15) is 10.4 Å². The van der Waals surface area contributed by atoms with Crippen LogP contribution in [0.5, 0.6) is 0 Å². The Morgan fingerprint density at radius 1 is 1.36 bits per heavy atom. The molecule has 2 aromatic carbocycles. The first kappa shape index (κ1) is 16.5. The van der Waals surface area contributed by atoms with Crippen molar-refractivity contribution < 1.29 is 14.1 Å². The number of nitrogens with zero attached hydrogens (tertiary/aromatic N) is 3. The summed E-state index contributed by atoms with van der Waals surface area (Å²) in [6.45, 7) is 0.134. The van der Waals surface area contributed by atoms with Crippen molar-refractivity contribution in [1.29, 1.82) is 0 Å². The Bertz CT molecular complexity index is 1110. The Morgan fingerprint density at radius 3 is 2.84 bits per heavy atom. The van der Waals surface area contributed by atoms with Gasteiger partial charge in [0.15, 0.2) is 4.80 Å². The summed E-state index contributed by atoms with van der Waals surface area (Å²) in [7, 11) is 0. The molecule has 3 aromatic rings. The van der Waals surface area contributed by atoms with Crippen molar-refractivity contribution in [3.8, 4) is 12.3 Å². The Kier molecular flexibility index (Phi) is 4.41. The van der Waals surface area contributed by atoms with E-state index >= 15 is 0 Å². The van der Waals surface area contributed by atoms with E-state index in [1.54, 1.807) is 10.6 Å². The topological polar surface area (TPSA) is 77.5 Å². The number of rotatable bonds is 3. The molecule has 0 N–H and O–H groups in total. The summed E-state index contributed by atoms with van der Waals surface area (Å²) in [6, 6.07) is 9.71. The van der Waals surface area contributed by atoms with E-state index in [1.165, 1.54) is 36.4 Å². The van der Waals surface area contributed by atoms with Crippen LogP contribution < -0.4 is 4.80 Å². The van der Waals surface area contributed by atoms with Crippen molar-refractivity contribution in [2.45, 2.75) is 6.54 Å². The highest BCUT2D eigenvalue weighted by Crippen LogP contribution is 2.20. The molecular formula is C17H10FN3O3S. The lowest BCUT2D eigenvalue weighted by atomic mass is 10.2. The van der Waals surface area contributed by atoms with Gasteiger partial charge in [-0.3, -0.25) is 14.9 Å². The highest BCUT2D eigenvalue weighted by atomic mass is 32.1. The number of aromatic nitrogens is 1. The standard InChI is InChI=1S/C17H10FN3O3S/c1-2-9-20-14-8-7-11(18)10-15(14)25-17(20)19-16(22)12-5-3-4-6-13(12)21(23)24/h1,3-8,10H,9H2. The monoisotopic (exact) mass is 355 g/mol. The van der Waals surface area contributed by atoms with Gasteiger partial charge in [0.1, 0.15) is 11.4 Å². The number of terminal acetylenes is 1. The Morgan fingerprint density at radius 2 is 2.12 bits per heavy atom. The molecule has 0 spiro atoms. The third-order valence-corrected chi connectivity index (χ3v) is 4.46. The van der Waals surface area contributed by atoms with E-state index in [1.807, 2.05) is 0 Å². The fourth-order valence-corrected chi connectivity index (χ4v) is 3.39. The van der Waals surface area contributed by atoms with E-state index in [-0.39, 0.29) is 22.6 Å². The fourth-order valence-electron chi connectivity index (χ4n) is 2.34. The lowest BCUT2D eigenvalue weighted by molar-refractivity contribution is -0.385. The number of thiazole rings is 1. The summed E-state index contributed by atoms with van der Waals surface area (Å²) in [5, 5.41) is 11.1. The van der Waals surface area contributed by atoms with Gasteiger partial charge < -0.3 is 4.57 Å². The number of carbonyl (C=O) groups excluding carboxylic acids is 1. The number of hydrogen-bond acceptors (Lipinski definition) is 4. The maximum Gasteiger partial charge on any atom is 0.286 e. The largest absolute Gasteiger partial charge is 0.305 e. The van der Waals surface area contributed by atoms with Crippen LogP contribution in [0.25, 0.3) is 10.2 Å². The number of nitro groups is 1. The first-order chi connectivity index (χ1) is 12.0. The van der Waals surface area contributed by atoms with Crippen molar-refractivity contribution in [3.05, 3.63) is 68.8 Å². The number of nitro benzene ring substituents is 1. The molecule has 124 valence electrons. The maximum absolute atomic E-state index is 13.4. The highest BCUT2D eigenvalue weighted by molar-refractivity contribution is 7.16. The SMILES string of the molecule is C#CCn1c(=NC(=O)c2ccccc2[N+](=O)[O-])sc2cc(F)ccc21. The van der Waals surface area contributed by atoms with E-state index < -0.39 is 16.6 Å². The van der Waals surface area contributed by atoms with Gasteiger partial charge in [0.25, 0.3) is 11.6 Å². The molecule has 6 nitrogen and oxygen atoms in total. The molecule has 0 fully saturated rings. The number of fused-ring (bicyclic) bond motifs is 1. The predicted molar refractivity (Wildman–Crippen MR) is 91.6 cm³/mol. The zero-order valence-electron chi connectivity index (χ0n) is 12.7. The first-order valence-corrected chi connectivity index (χ1v) is 7.87. The summed E-state index contributed by atoms with van der Waals surface area (Å²) in [5.74, 6) is 1.28. The molecule has 0 saturated carbocycles. The van der Waals surface area contributed by atoms with Crippen LogP contribution in [0.4, 0.5) is 10.1 Å². The van der Waals surface area contributed by atoms with Crippen LogP contribution in [0.3, 0.4) is 0 Å². The van der Waals surface area contributed by atoms with Gasteiger partial charge in [0.05, 0.1) is 21.7 Å². The number of hydrogen-bond donors (Lipinski definition) is 0. The van der Waals surface area contributed by atoms with Crippen molar-refractivity contribution in [1.82, 2.24) is 4.57 Å². The van der Waals surface area contributed by atoms with Crippen LogP contribution in [0.15, 0.2) is 47.5 Å². The van der Waals surface area contributed by atoms with E-state index in [9.17, 15) is 19.3 Å². The number of para-hydroxylation sites is 1. The lowest BCUT2D eigenvalue weighted by Crippen LogP contribution is -2.16. The highest BCUT2D eigenvalue weighted by Gasteiger charge is 2.19. The third-order valence-electron chi connectivity index (χ3n) is 3.42. The van der Waals surface area contributed by atoms with Gasteiger partial charge in [0, 0.05) is 6.07 Å². The second-order valence-electron chi connectivity index (χ2n) is 4.98. The van der Waals surface area contributed by atoms with Crippen molar-refractivity contribution >= 4 is 33.1 Å². The molecule has 0 unspecified atom stereocenters. The summed E-state index contributed by atoms with van der Waals surface area (Å²) < 4.78 is 15.6. The average Bonchev–Trinajstić information content (AvgIpc) is 2.91. The fraction of sp³-hybridized carbons (Fsp3) is 0.0588. The van der Waals surface area contributed by atoms with Gasteiger partial charge in [-0.1, -0.05) is 29.4 Å². The maximum atomic E-state index is 13.4. The van der Waals surface area contributed by atoms with Crippen LogP contribution >= 0.6 is 11.3 Å². The summed E-state index contributed by atoms with van der Waals surface area (Å²) in [4.78, 5) is 27.1. The zero-order chi connectivity index (χ0) is 18.0. The lowest BCUT2D eigenvalue weighted by Gasteiger charge is -2.00. The molecular weight excluding hydrogens is 345 g/mol. The second-order valence-corrected chi connectivity index (χ2v) is 5.99. The summed E-state index contributed by atoms with van der Waals surface area (Å²) in [5.41, 5.74) is 0.189. The van der Waals surface area contributed by atoms with E-state index in [4.69, 9.17) is 6.42 Å². The van der Waals surface area contributed by atoms with Crippen molar-refractivity contribution in [2.24, 2.45) is 4.99 Å². The summed E-state index contributed by atoms with van der Waals surface area (Å²) >= 11 is 1.09. The molecule has 0 aliphatic rings. The minimum atomic E-state index is -0.759. The molecule has 0 atom stereocenters. The van der Waals surface area contributed by atoms with Crippen LogP contribution in [0.2, 0.25) is 0 Å². The minimum Gasteiger partial charge on any atom is -0.305 e. The van der Waals surface area contributed by atoms with E-state index in [2.05, 4.69) is 10.9 Å². The molecule has 0 bridgehead atoms. The van der Waals surface area contributed by atoms with Gasteiger partial charge in [-0.15, -0.1) is 6.42 Å². The molecule has 8 heteroatoms. The van der Waals surface area contributed by atoms with Gasteiger partial charge in [-0.25, -0.2) is 4.39 Å². The van der Waals surface area contributed by atoms with Gasteiger partial charge in [-0.2, -0.15) is 4.99 Å². The van der Waals surface area contributed by atoms with Crippen LogP contribution in [-0.4, -0.2) is 15.4 Å². The third kappa shape index (κ3) is 3.18. The Labute approximate surface area is 145 Å². The molecule has 1 heterocycles. The van der Waals surface area contributed by atoms with Crippen LogP contribution in [0, 0.1) is 28.3 Å². The second kappa shape index (κ2) is 6.67. The first-order valence-electron chi connectivity index (χ1n) is 7.06.